The monoisotopic (exact) mass is 580 g/mol. The first kappa shape index (κ1) is 27.4. The zero-order chi connectivity index (χ0) is 28.6. The third-order valence-corrected chi connectivity index (χ3v) is 7.58. The number of ether oxygens (including phenoxy) is 1. The van der Waals surface area contributed by atoms with Crippen molar-refractivity contribution in [3.05, 3.63) is 99.4 Å². The van der Waals surface area contributed by atoms with Crippen LogP contribution in [0.1, 0.15) is 51.0 Å². The standard InChI is InChI=1S/C29H22Cl2N2O7/c1-16-4-10-20-21(13-16)28(37)33(27(20)36)32(26(35)18-7-11-22(30)23(31)14-18)15-24(34)17-5-8-19(9-6-17)40-29(38)25-3-2-12-39-25/h2-9,11-12,14,20-21H,10,13,15H2,1H3/t20-,21-/m0/s1. The quantitative estimate of drug-likeness (QED) is 0.121. The van der Waals surface area contributed by atoms with Gasteiger partial charge < -0.3 is 9.15 Å². The van der Waals surface area contributed by atoms with Gasteiger partial charge in [0.05, 0.1) is 28.1 Å². The summed E-state index contributed by atoms with van der Waals surface area (Å²) in [5.74, 6) is -4.15. The van der Waals surface area contributed by atoms with Gasteiger partial charge in [-0.15, -0.1) is 0 Å². The van der Waals surface area contributed by atoms with E-state index in [2.05, 4.69) is 0 Å². The number of halogens is 2. The number of hydrazine groups is 1. The maximum atomic E-state index is 13.7. The Morgan fingerprint density at radius 1 is 0.975 bits per heavy atom. The summed E-state index contributed by atoms with van der Waals surface area (Å²) in [5.41, 5.74) is 1.20. The van der Waals surface area contributed by atoms with Gasteiger partial charge in [-0.05, 0) is 74.4 Å². The molecule has 0 bridgehead atoms. The first-order chi connectivity index (χ1) is 19.1. The SMILES string of the molecule is CC1=CC[C@@H]2C(=O)N(N(CC(=O)c3ccc(OC(=O)c4ccco4)cc3)C(=O)c3ccc(Cl)c(Cl)c3)C(=O)[C@H]2C1. The first-order valence-corrected chi connectivity index (χ1v) is 13.1. The van der Waals surface area contributed by atoms with Gasteiger partial charge in [-0.25, -0.2) is 9.80 Å². The van der Waals surface area contributed by atoms with E-state index in [4.69, 9.17) is 32.4 Å². The van der Waals surface area contributed by atoms with E-state index >= 15 is 0 Å². The highest BCUT2D eigenvalue weighted by Crippen LogP contribution is 2.39. The lowest BCUT2D eigenvalue weighted by molar-refractivity contribution is -0.154. The Morgan fingerprint density at radius 3 is 2.35 bits per heavy atom. The predicted octanol–water partition coefficient (Wildman–Crippen LogP) is 5.39. The van der Waals surface area contributed by atoms with E-state index < -0.39 is 47.9 Å². The van der Waals surface area contributed by atoms with Crippen LogP contribution < -0.4 is 4.74 Å². The molecule has 204 valence electrons. The second-order valence-corrected chi connectivity index (χ2v) is 10.3. The van der Waals surface area contributed by atoms with E-state index in [9.17, 15) is 24.0 Å². The highest BCUT2D eigenvalue weighted by atomic mass is 35.5. The molecule has 0 unspecified atom stereocenters. The number of carbonyl (C=O) groups excluding carboxylic acids is 5. The van der Waals surface area contributed by atoms with Gasteiger partial charge >= 0.3 is 5.97 Å². The van der Waals surface area contributed by atoms with Crippen LogP contribution in [-0.2, 0) is 9.59 Å². The van der Waals surface area contributed by atoms with Crippen LogP contribution in [0.15, 0.2) is 76.9 Å². The molecule has 3 aromatic rings. The normalized spacial score (nSPS) is 18.3. The second kappa shape index (κ2) is 11.1. The number of furan rings is 1. The highest BCUT2D eigenvalue weighted by molar-refractivity contribution is 6.42. The van der Waals surface area contributed by atoms with Crippen LogP contribution in [0.25, 0.3) is 0 Å². The Kier molecular flexibility index (Phi) is 7.60. The fourth-order valence-corrected chi connectivity index (χ4v) is 5.06. The molecular weight excluding hydrogens is 559 g/mol. The molecule has 3 amide bonds. The van der Waals surface area contributed by atoms with Crippen LogP contribution >= 0.6 is 23.2 Å². The van der Waals surface area contributed by atoms with E-state index in [1.54, 1.807) is 6.07 Å². The van der Waals surface area contributed by atoms with Crippen LogP contribution in [0.5, 0.6) is 5.75 Å². The van der Waals surface area contributed by atoms with Crippen molar-refractivity contribution in [2.75, 3.05) is 6.54 Å². The average Bonchev–Trinajstić information content (AvgIpc) is 3.56. The molecule has 1 fully saturated rings. The summed E-state index contributed by atoms with van der Waals surface area (Å²) in [6.07, 6.45) is 4.02. The number of amides is 3. The van der Waals surface area contributed by atoms with E-state index in [1.165, 1.54) is 54.8 Å². The van der Waals surface area contributed by atoms with Crippen molar-refractivity contribution in [3.8, 4) is 5.75 Å². The number of benzene rings is 2. The minimum atomic E-state index is -0.763. The van der Waals surface area contributed by atoms with Gasteiger partial charge in [0, 0.05) is 11.1 Å². The summed E-state index contributed by atoms with van der Waals surface area (Å²) in [4.78, 5) is 65.9. The zero-order valence-electron chi connectivity index (χ0n) is 21.1. The van der Waals surface area contributed by atoms with E-state index in [1.807, 2.05) is 13.0 Å². The molecule has 1 saturated heterocycles. The Labute approximate surface area is 238 Å². The van der Waals surface area contributed by atoms with Crippen LogP contribution in [0.4, 0.5) is 0 Å². The Balaban J connectivity index is 1.40. The lowest BCUT2D eigenvalue weighted by Crippen LogP contribution is -2.52. The number of allylic oxidation sites excluding steroid dienone is 2. The van der Waals surface area contributed by atoms with Gasteiger partial charge in [-0.2, -0.15) is 5.01 Å². The molecule has 1 aromatic heterocycles. The van der Waals surface area contributed by atoms with Gasteiger partial charge in [0.1, 0.15) is 12.3 Å². The van der Waals surface area contributed by atoms with Gasteiger partial charge in [0.15, 0.2) is 5.78 Å². The van der Waals surface area contributed by atoms with Gasteiger partial charge in [-0.3, -0.25) is 19.2 Å². The smallest absolute Gasteiger partial charge is 0.379 e. The molecule has 0 spiro atoms. The number of nitrogens with zero attached hydrogens (tertiary/aromatic N) is 2. The van der Waals surface area contributed by atoms with Crippen molar-refractivity contribution in [1.29, 1.82) is 0 Å². The third-order valence-electron chi connectivity index (χ3n) is 6.84. The summed E-state index contributed by atoms with van der Waals surface area (Å²) in [7, 11) is 0. The van der Waals surface area contributed by atoms with Crippen LogP contribution in [-0.4, -0.2) is 46.0 Å². The topological polar surface area (TPSA) is 114 Å². The Morgan fingerprint density at radius 2 is 1.68 bits per heavy atom. The fourth-order valence-electron chi connectivity index (χ4n) is 4.76. The van der Waals surface area contributed by atoms with Gasteiger partial charge in [0.25, 0.3) is 17.7 Å². The fraction of sp³-hybridized carbons (Fsp3) is 0.207. The number of imide groups is 1. The number of hydrogen-bond donors (Lipinski definition) is 0. The molecule has 1 aliphatic carbocycles. The largest absolute Gasteiger partial charge is 0.457 e. The maximum absolute atomic E-state index is 13.7. The Bertz CT molecular complexity index is 1550. The second-order valence-electron chi connectivity index (χ2n) is 9.50. The number of fused-ring (bicyclic) bond motifs is 1. The molecule has 40 heavy (non-hydrogen) atoms. The van der Waals surface area contributed by atoms with E-state index in [0.717, 1.165) is 15.6 Å². The van der Waals surface area contributed by atoms with Crippen molar-refractivity contribution in [1.82, 2.24) is 10.0 Å². The molecule has 0 N–H and O–H groups in total. The molecular formula is C29H22Cl2N2O7. The van der Waals surface area contributed by atoms with Gasteiger partial charge in [0.2, 0.25) is 5.76 Å². The number of ketones is 1. The van der Waals surface area contributed by atoms with Crippen LogP contribution in [0, 0.1) is 11.8 Å². The molecule has 2 atom stereocenters. The maximum Gasteiger partial charge on any atom is 0.379 e. The first-order valence-electron chi connectivity index (χ1n) is 12.3. The predicted molar refractivity (Wildman–Crippen MR) is 144 cm³/mol. The highest BCUT2D eigenvalue weighted by Gasteiger charge is 2.51. The molecule has 2 aromatic carbocycles. The average molecular weight is 581 g/mol. The summed E-state index contributed by atoms with van der Waals surface area (Å²) in [6, 6.07) is 12.8. The summed E-state index contributed by atoms with van der Waals surface area (Å²) in [5, 5.41) is 1.98. The lowest BCUT2D eigenvalue weighted by atomic mass is 9.82. The molecule has 9 nitrogen and oxygen atoms in total. The molecule has 0 radical (unpaired) electrons. The minimum absolute atomic E-state index is 0.0162. The molecule has 5 rings (SSSR count). The summed E-state index contributed by atoms with van der Waals surface area (Å²) in [6.45, 7) is 1.28. The van der Waals surface area contributed by atoms with E-state index in [-0.39, 0.29) is 32.7 Å². The summed E-state index contributed by atoms with van der Waals surface area (Å²) < 4.78 is 10.2. The summed E-state index contributed by atoms with van der Waals surface area (Å²) >= 11 is 12.1. The zero-order valence-corrected chi connectivity index (χ0v) is 22.6. The van der Waals surface area contributed by atoms with Crippen LogP contribution in [0.2, 0.25) is 10.0 Å². The third kappa shape index (κ3) is 5.30. The minimum Gasteiger partial charge on any atom is -0.457 e. The van der Waals surface area contributed by atoms with Crippen molar-refractivity contribution in [2.45, 2.75) is 19.8 Å². The number of hydrogen-bond acceptors (Lipinski definition) is 7. The molecule has 11 heteroatoms. The van der Waals surface area contributed by atoms with E-state index in [0.29, 0.717) is 12.8 Å². The number of carbonyl (C=O) groups is 5. The van der Waals surface area contributed by atoms with Crippen LogP contribution in [0.3, 0.4) is 0 Å². The van der Waals surface area contributed by atoms with Crippen molar-refractivity contribution < 1.29 is 33.1 Å². The van der Waals surface area contributed by atoms with Crippen molar-refractivity contribution >= 4 is 52.7 Å². The number of Topliss-reactive ketones (excluding diaryl/α,β-unsaturated/α-hetero) is 1. The Hall–Kier alpha value is -4.21. The van der Waals surface area contributed by atoms with Gasteiger partial charge in [-0.1, -0.05) is 34.9 Å². The molecule has 2 aliphatic rings. The molecule has 2 heterocycles. The van der Waals surface area contributed by atoms with Crippen molar-refractivity contribution in [3.63, 3.8) is 0 Å². The molecule has 1 aliphatic heterocycles. The number of esters is 1. The number of rotatable bonds is 7. The van der Waals surface area contributed by atoms with Crippen molar-refractivity contribution in [2.24, 2.45) is 11.8 Å². The lowest BCUT2D eigenvalue weighted by Gasteiger charge is -2.30. The molecule has 0 saturated carbocycles.